The van der Waals surface area contributed by atoms with E-state index in [1.54, 1.807) is 30.9 Å². The number of halogens is 1. The van der Waals surface area contributed by atoms with Crippen LogP contribution in [0, 0.1) is 11.7 Å². The maximum atomic E-state index is 16.1. The molecule has 6 aromatic heterocycles. The van der Waals surface area contributed by atoms with Crippen LogP contribution in [0.4, 0.5) is 10.1 Å². The Bertz CT molecular complexity index is 1860. The number of H-pyrrole nitrogens is 2. The molecule has 1 fully saturated rings. The van der Waals surface area contributed by atoms with Crippen LogP contribution in [0.25, 0.3) is 56.0 Å². The van der Waals surface area contributed by atoms with Crippen LogP contribution in [0.5, 0.6) is 0 Å². The molecule has 1 aliphatic rings. The van der Waals surface area contributed by atoms with Crippen LogP contribution >= 0.6 is 0 Å². The number of nitrogens with one attached hydrogen (secondary N) is 3. The fourth-order valence-corrected chi connectivity index (χ4v) is 5.35. The number of carbonyl (C=O) groups excluding carboxylic acids is 1. The summed E-state index contributed by atoms with van der Waals surface area (Å²) in [6, 6.07) is 7.31. The van der Waals surface area contributed by atoms with Gasteiger partial charge >= 0.3 is 0 Å². The molecule has 7 rings (SSSR count). The van der Waals surface area contributed by atoms with Crippen LogP contribution in [0.2, 0.25) is 0 Å². The molecule has 1 aliphatic carbocycles. The highest BCUT2D eigenvalue weighted by atomic mass is 19.1. The lowest BCUT2D eigenvalue weighted by atomic mass is 9.88. The second kappa shape index (κ2) is 9.92. The quantitative estimate of drug-likeness (QED) is 0.259. The van der Waals surface area contributed by atoms with E-state index in [1.807, 2.05) is 18.2 Å². The number of aromatic amines is 2. The first-order valence-corrected chi connectivity index (χ1v) is 13.2. The van der Waals surface area contributed by atoms with Gasteiger partial charge in [-0.3, -0.25) is 29.8 Å². The van der Waals surface area contributed by atoms with Gasteiger partial charge in [-0.15, -0.1) is 0 Å². The molecule has 1 saturated carbocycles. The van der Waals surface area contributed by atoms with Gasteiger partial charge in [0.05, 0.1) is 46.4 Å². The Morgan fingerprint density at radius 3 is 2.67 bits per heavy atom. The number of fused-ring (bicyclic) bond motifs is 2. The van der Waals surface area contributed by atoms with Crippen molar-refractivity contribution >= 4 is 33.5 Å². The first-order chi connectivity index (χ1) is 19.7. The summed E-state index contributed by atoms with van der Waals surface area (Å²) in [5, 5.41) is 10.4. The molecule has 10 nitrogen and oxygen atoms in total. The van der Waals surface area contributed by atoms with Crippen molar-refractivity contribution < 1.29 is 9.18 Å². The van der Waals surface area contributed by atoms with Crippen molar-refractivity contribution in [3.8, 4) is 34.0 Å². The van der Waals surface area contributed by atoms with Gasteiger partial charge < -0.3 is 10.3 Å². The zero-order chi connectivity index (χ0) is 27.1. The Balaban J connectivity index is 1.26. The molecule has 198 valence electrons. The van der Waals surface area contributed by atoms with Crippen molar-refractivity contribution in [1.82, 2.24) is 40.1 Å². The minimum absolute atomic E-state index is 0.00527. The van der Waals surface area contributed by atoms with Crippen LogP contribution in [0.3, 0.4) is 0 Å². The predicted molar refractivity (Wildman–Crippen MR) is 148 cm³/mol. The first kappa shape index (κ1) is 24.0. The number of imidazole rings is 1. The lowest BCUT2D eigenvalue weighted by molar-refractivity contribution is -0.120. The Hall–Kier alpha value is -5.06. The lowest BCUT2D eigenvalue weighted by Crippen LogP contribution is -2.24. The normalized spacial score (nSPS) is 14.1. The number of aromatic nitrogens is 8. The van der Waals surface area contributed by atoms with Gasteiger partial charge in [-0.2, -0.15) is 5.10 Å². The van der Waals surface area contributed by atoms with Gasteiger partial charge in [0.25, 0.3) is 0 Å². The monoisotopic (exact) mass is 533 g/mol. The molecule has 11 heteroatoms. The van der Waals surface area contributed by atoms with Crippen LogP contribution in [0.1, 0.15) is 32.1 Å². The molecule has 0 bridgehead atoms. The SMILES string of the molecule is O=C(Nc1cncc(-c2ncc3[nH]nc(-c4nc5c(-c6ccccn6)cncc5[nH]4)c3c2F)c1)C1CCCCC1. The molecule has 0 saturated heterocycles. The number of carbonyl (C=O) groups is 1. The van der Waals surface area contributed by atoms with E-state index in [0.717, 1.165) is 36.9 Å². The van der Waals surface area contributed by atoms with Crippen molar-refractivity contribution in [1.29, 1.82) is 0 Å². The minimum Gasteiger partial charge on any atom is -0.335 e. The number of pyridine rings is 4. The van der Waals surface area contributed by atoms with Crippen LogP contribution in [0.15, 0.2) is 61.4 Å². The molecule has 0 atom stereocenters. The highest BCUT2D eigenvalue weighted by Gasteiger charge is 2.23. The van der Waals surface area contributed by atoms with E-state index in [-0.39, 0.29) is 22.9 Å². The zero-order valence-corrected chi connectivity index (χ0v) is 21.4. The Morgan fingerprint density at radius 2 is 1.82 bits per heavy atom. The summed E-state index contributed by atoms with van der Waals surface area (Å²) in [4.78, 5) is 38.0. The number of anilines is 1. The van der Waals surface area contributed by atoms with Crippen molar-refractivity contribution in [2.24, 2.45) is 5.92 Å². The Labute approximate surface area is 227 Å². The fourth-order valence-electron chi connectivity index (χ4n) is 5.35. The van der Waals surface area contributed by atoms with Gasteiger partial charge in [-0.1, -0.05) is 25.3 Å². The third kappa shape index (κ3) is 4.25. The lowest BCUT2D eigenvalue weighted by Gasteiger charge is -2.20. The van der Waals surface area contributed by atoms with Gasteiger partial charge in [0, 0.05) is 35.6 Å². The van der Waals surface area contributed by atoms with Crippen molar-refractivity contribution in [2.75, 3.05) is 5.32 Å². The fraction of sp³-hybridized carbons (Fsp3) is 0.207. The Kier molecular flexibility index (Phi) is 5.95. The second-order valence-corrected chi connectivity index (χ2v) is 9.95. The van der Waals surface area contributed by atoms with Crippen LogP contribution < -0.4 is 5.32 Å². The summed E-state index contributed by atoms with van der Waals surface area (Å²) in [5.41, 5.74) is 4.60. The summed E-state index contributed by atoms with van der Waals surface area (Å²) in [6.45, 7) is 0. The standard InChI is InChI=1S/C29H24FN9O/c30-24-23-21(15-34-25(24)17-10-18(12-31-11-17)35-29(40)16-6-2-1-3-7-16)38-39-27(23)28-36-22-14-32-13-19(26(22)37-28)20-8-4-5-9-33-20/h4-5,8-16H,1-3,6-7H2,(H,35,40)(H,36,37)(H,38,39). The van der Waals surface area contributed by atoms with Crippen LogP contribution in [-0.2, 0) is 4.79 Å². The van der Waals surface area contributed by atoms with Gasteiger partial charge in [0.1, 0.15) is 16.9 Å². The maximum Gasteiger partial charge on any atom is 0.227 e. The van der Waals surface area contributed by atoms with Crippen LogP contribution in [-0.4, -0.2) is 46.0 Å². The van der Waals surface area contributed by atoms with E-state index in [0.29, 0.717) is 39.3 Å². The molecule has 6 heterocycles. The average Bonchev–Trinajstić information content (AvgIpc) is 3.63. The molecular formula is C29H24FN9O. The third-order valence-corrected chi connectivity index (χ3v) is 7.36. The largest absolute Gasteiger partial charge is 0.335 e. The van der Waals surface area contributed by atoms with Gasteiger partial charge in [0.2, 0.25) is 5.91 Å². The summed E-state index contributed by atoms with van der Waals surface area (Å²) in [6.07, 6.45) is 14.7. The number of hydrogen-bond donors (Lipinski definition) is 3. The van der Waals surface area contributed by atoms with E-state index in [4.69, 9.17) is 4.98 Å². The summed E-state index contributed by atoms with van der Waals surface area (Å²) < 4.78 is 16.1. The van der Waals surface area contributed by atoms with Gasteiger partial charge in [-0.25, -0.2) is 9.37 Å². The predicted octanol–water partition coefficient (Wildman–Crippen LogP) is 5.68. The molecule has 1 amide bonds. The molecule has 0 spiro atoms. The molecule has 0 unspecified atom stereocenters. The highest BCUT2D eigenvalue weighted by Crippen LogP contribution is 2.34. The van der Waals surface area contributed by atoms with E-state index in [2.05, 4.69) is 40.4 Å². The minimum atomic E-state index is -0.567. The molecule has 40 heavy (non-hydrogen) atoms. The van der Waals surface area contributed by atoms with E-state index < -0.39 is 5.82 Å². The second-order valence-electron chi connectivity index (χ2n) is 9.95. The first-order valence-electron chi connectivity index (χ1n) is 13.2. The number of nitrogens with zero attached hydrogens (tertiary/aromatic N) is 6. The number of rotatable bonds is 5. The molecular weight excluding hydrogens is 509 g/mol. The molecule has 0 aliphatic heterocycles. The number of hydrogen-bond acceptors (Lipinski definition) is 7. The van der Waals surface area contributed by atoms with E-state index >= 15 is 4.39 Å². The number of amides is 1. The summed E-state index contributed by atoms with van der Waals surface area (Å²) in [7, 11) is 0. The smallest absolute Gasteiger partial charge is 0.227 e. The van der Waals surface area contributed by atoms with E-state index in [9.17, 15) is 4.79 Å². The average molecular weight is 534 g/mol. The summed E-state index contributed by atoms with van der Waals surface area (Å²) >= 11 is 0. The van der Waals surface area contributed by atoms with E-state index in [1.165, 1.54) is 18.8 Å². The van der Waals surface area contributed by atoms with Crippen molar-refractivity contribution in [3.63, 3.8) is 0 Å². The summed E-state index contributed by atoms with van der Waals surface area (Å²) in [5.74, 6) is -0.213. The van der Waals surface area contributed by atoms with Gasteiger partial charge in [-0.05, 0) is 31.0 Å². The van der Waals surface area contributed by atoms with Crippen molar-refractivity contribution in [2.45, 2.75) is 32.1 Å². The Morgan fingerprint density at radius 1 is 0.950 bits per heavy atom. The van der Waals surface area contributed by atoms with Gasteiger partial charge in [0.15, 0.2) is 11.6 Å². The highest BCUT2D eigenvalue weighted by molar-refractivity contribution is 5.98. The molecule has 0 radical (unpaired) electrons. The topological polar surface area (TPSA) is 138 Å². The maximum absolute atomic E-state index is 16.1. The third-order valence-electron chi connectivity index (χ3n) is 7.36. The molecule has 0 aromatic carbocycles. The zero-order valence-electron chi connectivity index (χ0n) is 21.4. The molecule has 6 aromatic rings. The molecule has 3 N–H and O–H groups in total. The van der Waals surface area contributed by atoms with Crippen molar-refractivity contribution in [3.05, 3.63) is 67.3 Å².